The van der Waals surface area contributed by atoms with Gasteiger partial charge in [0.1, 0.15) is 0 Å². The summed E-state index contributed by atoms with van der Waals surface area (Å²) in [5.41, 5.74) is 12.0. The Hall–Kier alpha value is -0.780. The summed E-state index contributed by atoms with van der Waals surface area (Å²) in [6, 6.07) is 0. The van der Waals surface area contributed by atoms with Crippen molar-refractivity contribution >= 4 is 11.4 Å². The fraction of sp³-hybridized carbons (Fsp3) is 0.889. The highest BCUT2D eigenvalue weighted by molar-refractivity contribution is 5.85. The minimum Gasteiger partial charge on any atom is -0.329 e. The van der Waals surface area contributed by atoms with Crippen LogP contribution in [0.2, 0.25) is 0 Å². The van der Waals surface area contributed by atoms with E-state index in [1.807, 2.05) is 0 Å². The minimum atomic E-state index is 0.426. The molecular weight excluding hydrogens is 286 g/mol. The Kier molecular flexibility index (Phi) is 20.7. The van der Waals surface area contributed by atoms with E-state index in [1.165, 1.54) is 0 Å². The number of nitrogens with one attached hydrogen (secondary N) is 3. The predicted octanol–water partition coefficient (Wildman–Crippen LogP) is 3.13. The SMILES string of the molecule is CC(C)C(=N)C(C)C.CC(C)C(=N)C(C)C.NCCNCCN. The Morgan fingerprint density at radius 2 is 0.870 bits per heavy atom. The van der Waals surface area contributed by atoms with Crippen molar-refractivity contribution in [2.24, 2.45) is 35.1 Å². The lowest BCUT2D eigenvalue weighted by Gasteiger charge is -2.09. The van der Waals surface area contributed by atoms with Gasteiger partial charge in [-0.2, -0.15) is 0 Å². The number of rotatable bonds is 8. The molecule has 0 unspecified atom stereocenters. The van der Waals surface area contributed by atoms with E-state index in [2.05, 4.69) is 60.7 Å². The molecule has 0 saturated heterocycles. The monoisotopic (exact) mass is 329 g/mol. The van der Waals surface area contributed by atoms with Crippen LogP contribution in [0, 0.1) is 34.5 Å². The Labute approximate surface area is 145 Å². The highest BCUT2D eigenvalue weighted by Crippen LogP contribution is 2.04. The van der Waals surface area contributed by atoms with Crippen LogP contribution < -0.4 is 16.8 Å². The molecule has 0 amide bonds. The van der Waals surface area contributed by atoms with Gasteiger partial charge in [-0.25, -0.2) is 0 Å². The van der Waals surface area contributed by atoms with Gasteiger partial charge in [-0.15, -0.1) is 0 Å². The fourth-order valence-electron chi connectivity index (χ4n) is 1.66. The normalized spacial score (nSPS) is 10.3. The number of hydrogen-bond acceptors (Lipinski definition) is 5. The maximum atomic E-state index is 7.40. The van der Waals surface area contributed by atoms with Crippen molar-refractivity contribution in [3.63, 3.8) is 0 Å². The van der Waals surface area contributed by atoms with Crippen LogP contribution in [0.1, 0.15) is 55.4 Å². The summed E-state index contributed by atoms with van der Waals surface area (Å²) >= 11 is 0. The molecule has 0 spiro atoms. The van der Waals surface area contributed by atoms with Crippen molar-refractivity contribution in [2.45, 2.75) is 55.4 Å². The summed E-state index contributed by atoms with van der Waals surface area (Å²) in [7, 11) is 0. The predicted molar refractivity (Wildman–Crippen MR) is 106 cm³/mol. The first kappa shape index (κ1) is 27.1. The summed E-state index contributed by atoms with van der Waals surface area (Å²) in [5.74, 6) is 1.70. The first-order valence-electron chi connectivity index (χ1n) is 8.80. The van der Waals surface area contributed by atoms with Gasteiger partial charge in [0.2, 0.25) is 0 Å². The van der Waals surface area contributed by atoms with Crippen molar-refractivity contribution in [2.75, 3.05) is 26.2 Å². The van der Waals surface area contributed by atoms with Crippen molar-refractivity contribution < 1.29 is 0 Å². The molecule has 0 heterocycles. The molecule has 0 aromatic rings. The van der Waals surface area contributed by atoms with Crippen molar-refractivity contribution in [1.82, 2.24) is 5.32 Å². The fourth-order valence-corrected chi connectivity index (χ4v) is 1.66. The second-order valence-corrected chi connectivity index (χ2v) is 6.86. The second kappa shape index (κ2) is 17.6. The third-order valence-corrected chi connectivity index (χ3v) is 3.13. The molecular formula is C18H43N5. The van der Waals surface area contributed by atoms with Gasteiger partial charge in [-0.1, -0.05) is 55.4 Å². The van der Waals surface area contributed by atoms with E-state index in [0.717, 1.165) is 24.5 Å². The Balaban J connectivity index is -0.000000262. The summed E-state index contributed by atoms with van der Waals surface area (Å²) in [4.78, 5) is 0. The van der Waals surface area contributed by atoms with E-state index in [-0.39, 0.29) is 0 Å². The van der Waals surface area contributed by atoms with Gasteiger partial charge in [0.25, 0.3) is 0 Å². The van der Waals surface area contributed by atoms with Gasteiger partial charge in [0.15, 0.2) is 0 Å². The van der Waals surface area contributed by atoms with Gasteiger partial charge >= 0.3 is 0 Å². The standard InChI is InChI=1S/2C7H15N.C4H13N3/c2*1-5(2)7(8)6(3)4;5-1-3-7-4-2-6/h2*5-6,8H,1-4H3;7H,1-6H2. The lowest BCUT2D eigenvalue weighted by molar-refractivity contribution is 0.696. The van der Waals surface area contributed by atoms with Crippen LogP contribution in [0.25, 0.3) is 0 Å². The minimum absolute atomic E-state index is 0.426. The molecule has 5 nitrogen and oxygen atoms in total. The largest absolute Gasteiger partial charge is 0.329 e. The quantitative estimate of drug-likeness (QED) is 0.348. The first-order valence-corrected chi connectivity index (χ1v) is 8.80. The van der Waals surface area contributed by atoms with E-state index >= 15 is 0 Å². The highest BCUT2D eigenvalue weighted by atomic mass is 14.9. The number of hydrogen-bond donors (Lipinski definition) is 5. The van der Waals surface area contributed by atoms with Crippen LogP contribution in [0.5, 0.6) is 0 Å². The molecule has 0 bridgehead atoms. The van der Waals surface area contributed by atoms with Crippen LogP contribution in [0.15, 0.2) is 0 Å². The van der Waals surface area contributed by atoms with Crippen LogP contribution in [0.4, 0.5) is 0 Å². The van der Waals surface area contributed by atoms with E-state index < -0.39 is 0 Å². The summed E-state index contributed by atoms with van der Waals surface area (Å²) in [6.45, 7) is 19.6. The molecule has 0 atom stereocenters. The molecule has 23 heavy (non-hydrogen) atoms. The molecule has 5 heteroatoms. The molecule has 0 rings (SSSR count). The zero-order chi connectivity index (χ0) is 19.0. The van der Waals surface area contributed by atoms with Gasteiger partial charge in [-0.05, 0) is 23.7 Å². The van der Waals surface area contributed by atoms with Gasteiger partial charge < -0.3 is 27.6 Å². The molecule has 0 aromatic carbocycles. The molecule has 0 aliphatic heterocycles. The smallest absolute Gasteiger partial charge is 0.0140 e. The van der Waals surface area contributed by atoms with Crippen LogP contribution in [-0.2, 0) is 0 Å². The zero-order valence-electron chi connectivity index (χ0n) is 16.8. The Bertz CT molecular complexity index is 235. The molecule has 0 aliphatic rings. The molecule has 140 valence electrons. The lowest BCUT2D eigenvalue weighted by atomic mass is 9.98. The third-order valence-electron chi connectivity index (χ3n) is 3.13. The van der Waals surface area contributed by atoms with Crippen LogP contribution in [0.3, 0.4) is 0 Å². The van der Waals surface area contributed by atoms with E-state index in [4.69, 9.17) is 22.3 Å². The molecule has 0 aromatic heterocycles. The van der Waals surface area contributed by atoms with E-state index in [9.17, 15) is 0 Å². The van der Waals surface area contributed by atoms with Gasteiger partial charge in [0.05, 0.1) is 0 Å². The van der Waals surface area contributed by atoms with Gasteiger partial charge in [0, 0.05) is 37.6 Å². The summed E-state index contributed by atoms with van der Waals surface area (Å²) in [6.07, 6.45) is 0. The average molecular weight is 330 g/mol. The Morgan fingerprint density at radius 3 is 0.957 bits per heavy atom. The molecule has 0 saturated carbocycles. The molecule has 7 N–H and O–H groups in total. The number of nitrogens with two attached hydrogens (primary N) is 2. The highest BCUT2D eigenvalue weighted by Gasteiger charge is 2.05. The molecule has 0 fully saturated rings. The van der Waals surface area contributed by atoms with Crippen LogP contribution in [-0.4, -0.2) is 37.6 Å². The van der Waals surface area contributed by atoms with Gasteiger partial charge in [-0.3, -0.25) is 0 Å². The average Bonchev–Trinajstić information content (AvgIpc) is 2.47. The maximum absolute atomic E-state index is 7.40. The first-order chi connectivity index (χ1) is 10.5. The maximum Gasteiger partial charge on any atom is 0.0140 e. The van der Waals surface area contributed by atoms with Crippen LogP contribution >= 0.6 is 0 Å². The van der Waals surface area contributed by atoms with Crippen molar-refractivity contribution in [3.05, 3.63) is 0 Å². The molecule has 0 radical (unpaired) electrons. The zero-order valence-corrected chi connectivity index (χ0v) is 16.8. The summed E-state index contributed by atoms with van der Waals surface area (Å²) < 4.78 is 0. The van der Waals surface area contributed by atoms with E-state index in [0.29, 0.717) is 36.8 Å². The second-order valence-electron chi connectivity index (χ2n) is 6.86. The third kappa shape index (κ3) is 21.2. The molecule has 0 aliphatic carbocycles. The van der Waals surface area contributed by atoms with Crippen molar-refractivity contribution in [1.29, 1.82) is 10.8 Å². The Morgan fingerprint density at radius 1 is 0.652 bits per heavy atom. The topological polar surface area (TPSA) is 112 Å². The lowest BCUT2D eigenvalue weighted by Crippen LogP contribution is -2.27. The summed E-state index contributed by atoms with van der Waals surface area (Å²) in [5, 5.41) is 17.8. The van der Waals surface area contributed by atoms with Crippen molar-refractivity contribution in [3.8, 4) is 0 Å². The van der Waals surface area contributed by atoms with E-state index in [1.54, 1.807) is 0 Å².